The molecule has 6 heteroatoms. The minimum atomic E-state index is -1.09. The van der Waals surface area contributed by atoms with Gasteiger partial charge in [-0.25, -0.2) is 4.79 Å². The van der Waals surface area contributed by atoms with Gasteiger partial charge in [-0.05, 0) is 61.6 Å². The Kier molecular flexibility index (Phi) is 4.29. The van der Waals surface area contributed by atoms with Crippen molar-refractivity contribution in [3.05, 3.63) is 23.8 Å². The van der Waals surface area contributed by atoms with Crippen molar-refractivity contribution in [3.8, 4) is 11.5 Å². The highest BCUT2D eigenvalue weighted by atomic mass is 16.6. The lowest BCUT2D eigenvalue weighted by atomic mass is 9.77. The van der Waals surface area contributed by atoms with Gasteiger partial charge in [-0.2, -0.15) is 0 Å². The van der Waals surface area contributed by atoms with Crippen LogP contribution < -0.4 is 14.8 Å². The lowest BCUT2D eigenvalue weighted by molar-refractivity contribution is -0.150. The molecule has 2 atom stereocenters. The van der Waals surface area contributed by atoms with Crippen molar-refractivity contribution in [3.63, 3.8) is 0 Å². The first kappa shape index (κ1) is 17.2. The Bertz CT molecular complexity index is 723. The fourth-order valence-electron chi connectivity index (χ4n) is 4.12. The van der Waals surface area contributed by atoms with Gasteiger partial charge in [-0.15, -0.1) is 0 Å². The number of nitrogens with one attached hydrogen (secondary N) is 1. The minimum absolute atomic E-state index is 0.124. The molecule has 2 saturated carbocycles. The molecule has 0 spiro atoms. The normalized spacial score (nSPS) is 32.6. The summed E-state index contributed by atoms with van der Waals surface area (Å²) in [4.78, 5) is 24.5. The summed E-state index contributed by atoms with van der Waals surface area (Å²) in [6.45, 7) is 3.22. The number of carbonyl (C=O) groups is 2. The van der Waals surface area contributed by atoms with Crippen LogP contribution in [0.2, 0.25) is 0 Å². The summed E-state index contributed by atoms with van der Waals surface area (Å²) in [6, 6.07) is 5.81. The van der Waals surface area contributed by atoms with Crippen molar-refractivity contribution in [2.45, 2.75) is 50.5 Å². The van der Waals surface area contributed by atoms with Crippen LogP contribution in [0.1, 0.15) is 50.5 Å². The summed E-state index contributed by atoms with van der Waals surface area (Å²) in [5.41, 5.74) is -0.0418. The molecule has 2 N–H and O–H groups in total. The van der Waals surface area contributed by atoms with Gasteiger partial charge in [0.1, 0.15) is 18.8 Å². The maximum absolute atomic E-state index is 12.7. The number of fused-ring (bicyclic) bond motifs is 1. The molecule has 4 rings (SSSR count). The van der Waals surface area contributed by atoms with Gasteiger partial charge in [-0.3, -0.25) is 4.79 Å². The number of amides is 1. The van der Waals surface area contributed by atoms with Crippen LogP contribution in [-0.2, 0) is 9.59 Å². The molecule has 0 saturated heterocycles. The third-order valence-electron chi connectivity index (χ3n) is 6.02. The Hall–Kier alpha value is -2.24. The van der Waals surface area contributed by atoms with Crippen molar-refractivity contribution >= 4 is 11.9 Å². The van der Waals surface area contributed by atoms with Gasteiger partial charge in [0.25, 0.3) is 0 Å². The molecule has 0 bridgehead atoms. The molecule has 3 aliphatic rings. The van der Waals surface area contributed by atoms with E-state index in [-0.39, 0.29) is 17.7 Å². The number of aliphatic carboxylic acids is 1. The zero-order valence-corrected chi connectivity index (χ0v) is 15.0. The van der Waals surface area contributed by atoms with E-state index < -0.39 is 11.5 Å². The SMILES string of the molecule is CC1CCC(NC(=O)C2CC2c2ccc3c(c2)OCCO3)(C(=O)O)CC1. The van der Waals surface area contributed by atoms with Crippen molar-refractivity contribution in [1.29, 1.82) is 0 Å². The summed E-state index contributed by atoms with van der Waals surface area (Å²) in [7, 11) is 0. The molecular formula is C20H25NO5. The third-order valence-corrected chi connectivity index (χ3v) is 6.02. The second kappa shape index (κ2) is 6.49. The Morgan fingerprint density at radius 3 is 2.54 bits per heavy atom. The first-order valence-electron chi connectivity index (χ1n) is 9.43. The van der Waals surface area contributed by atoms with E-state index in [1.54, 1.807) is 0 Å². The molecule has 1 aromatic carbocycles. The van der Waals surface area contributed by atoms with E-state index in [2.05, 4.69) is 12.2 Å². The van der Waals surface area contributed by atoms with Crippen molar-refractivity contribution in [2.24, 2.45) is 11.8 Å². The standard InChI is InChI=1S/C20H25NO5/c1-12-4-6-20(7-5-12,19(23)24)21-18(22)15-11-14(15)13-2-3-16-17(10-13)26-9-8-25-16/h2-3,10,12,14-15H,4-9,11H2,1H3,(H,21,22)(H,23,24). The van der Waals surface area contributed by atoms with Gasteiger partial charge in [0.2, 0.25) is 5.91 Å². The van der Waals surface area contributed by atoms with Crippen LogP contribution in [0.25, 0.3) is 0 Å². The smallest absolute Gasteiger partial charge is 0.329 e. The largest absolute Gasteiger partial charge is 0.486 e. The van der Waals surface area contributed by atoms with Gasteiger partial charge < -0.3 is 19.9 Å². The Morgan fingerprint density at radius 2 is 1.85 bits per heavy atom. The highest BCUT2D eigenvalue weighted by molar-refractivity contribution is 5.90. The predicted molar refractivity (Wildman–Crippen MR) is 94.4 cm³/mol. The van der Waals surface area contributed by atoms with Crippen LogP contribution in [0.5, 0.6) is 11.5 Å². The Labute approximate surface area is 152 Å². The minimum Gasteiger partial charge on any atom is -0.486 e. The fraction of sp³-hybridized carbons (Fsp3) is 0.600. The highest BCUT2D eigenvalue weighted by Crippen LogP contribution is 2.50. The first-order chi connectivity index (χ1) is 12.5. The zero-order valence-electron chi connectivity index (χ0n) is 15.0. The van der Waals surface area contributed by atoms with Crippen LogP contribution in [0, 0.1) is 11.8 Å². The van der Waals surface area contributed by atoms with Crippen LogP contribution in [0.15, 0.2) is 18.2 Å². The summed E-state index contributed by atoms with van der Waals surface area (Å²) in [6.07, 6.45) is 3.44. The number of hydrogen-bond acceptors (Lipinski definition) is 4. The van der Waals surface area contributed by atoms with E-state index >= 15 is 0 Å². The highest BCUT2D eigenvalue weighted by Gasteiger charge is 2.49. The molecular weight excluding hydrogens is 334 g/mol. The second-order valence-electron chi connectivity index (χ2n) is 7.91. The van der Waals surface area contributed by atoms with Gasteiger partial charge >= 0.3 is 5.97 Å². The average molecular weight is 359 g/mol. The van der Waals surface area contributed by atoms with E-state index in [0.29, 0.717) is 32.0 Å². The van der Waals surface area contributed by atoms with E-state index in [1.165, 1.54) is 0 Å². The molecule has 0 radical (unpaired) electrons. The molecule has 0 aromatic heterocycles. The molecule has 26 heavy (non-hydrogen) atoms. The van der Waals surface area contributed by atoms with Crippen LogP contribution >= 0.6 is 0 Å². The molecule has 2 fully saturated rings. The van der Waals surface area contributed by atoms with Gasteiger partial charge in [0, 0.05) is 5.92 Å². The average Bonchev–Trinajstić information content (AvgIpc) is 3.44. The van der Waals surface area contributed by atoms with Gasteiger partial charge in [-0.1, -0.05) is 13.0 Å². The first-order valence-corrected chi connectivity index (χ1v) is 9.43. The summed E-state index contributed by atoms with van der Waals surface area (Å²) in [5, 5.41) is 12.6. The number of benzene rings is 1. The van der Waals surface area contributed by atoms with E-state index in [9.17, 15) is 14.7 Å². The lowest BCUT2D eigenvalue weighted by Crippen LogP contribution is -2.56. The molecule has 1 aromatic rings. The summed E-state index contributed by atoms with van der Waals surface area (Å²) < 4.78 is 11.1. The van der Waals surface area contributed by atoms with Crippen molar-refractivity contribution in [1.82, 2.24) is 5.32 Å². The summed E-state index contributed by atoms with van der Waals surface area (Å²) in [5.74, 6) is 0.903. The number of carboxylic acid groups (broad SMARTS) is 1. The maximum Gasteiger partial charge on any atom is 0.329 e. The second-order valence-corrected chi connectivity index (χ2v) is 7.91. The van der Waals surface area contributed by atoms with Gasteiger partial charge in [0.05, 0.1) is 0 Å². The molecule has 1 amide bonds. The molecule has 1 aliphatic heterocycles. The zero-order chi connectivity index (χ0) is 18.3. The quantitative estimate of drug-likeness (QED) is 0.863. The monoisotopic (exact) mass is 359 g/mol. The summed E-state index contributed by atoms with van der Waals surface area (Å²) >= 11 is 0. The van der Waals surface area contributed by atoms with E-state index in [4.69, 9.17) is 9.47 Å². The predicted octanol–water partition coefficient (Wildman–Crippen LogP) is 2.71. The Balaban J connectivity index is 1.43. The number of hydrogen-bond donors (Lipinski definition) is 2. The van der Waals surface area contributed by atoms with Crippen LogP contribution in [0.4, 0.5) is 0 Å². The Morgan fingerprint density at radius 1 is 1.15 bits per heavy atom. The molecule has 1 heterocycles. The van der Waals surface area contributed by atoms with Crippen molar-refractivity contribution < 1.29 is 24.2 Å². The van der Waals surface area contributed by atoms with E-state index in [0.717, 1.165) is 36.3 Å². The topological polar surface area (TPSA) is 84.9 Å². The van der Waals surface area contributed by atoms with E-state index in [1.807, 2.05) is 18.2 Å². The molecule has 140 valence electrons. The molecule has 6 nitrogen and oxygen atoms in total. The van der Waals surface area contributed by atoms with Crippen LogP contribution in [0.3, 0.4) is 0 Å². The molecule has 2 aliphatic carbocycles. The van der Waals surface area contributed by atoms with Crippen molar-refractivity contribution in [2.75, 3.05) is 13.2 Å². The van der Waals surface area contributed by atoms with Crippen LogP contribution in [-0.4, -0.2) is 35.7 Å². The number of rotatable bonds is 4. The molecule has 2 unspecified atom stereocenters. The number of ether oxygens (including phenoxy) is 2. The van der Waals surface area contributed by atoms with Gasteiger partial charge in [0.15, 0.2) is 11.5 Å². The fourth-order valence-corrected chi connectivity index (χ4v) is 4.12. The maximum atomic E-state index is 12.7. The third kappa shape index (κ3) is 3.13. The number of carboxylic acids is 1. The number of carbonyl (C=O) groups excluding carboxylic acids is 1. The lowest BCUT2D eigenvalue weighted by Gasteiger charge is -2.36.